The molecule has 0 aromatic heterocycles. The highest BCUT2D eigenvalue weighted by Gasteiger charge is 2.53. The van der Waals surface area contributed by atoms with Crippen molar-refractivity contribution in [3.8, 4) is 5.75 Å². The molecule has 3 fully saturated rings. The largest absolute Gasteiger partial charge is 0.494 e. The van der Waals surface area contributed by atoms with Gasteiger partial charge in [0.1, 0.15) is 29.3 Å². The van der Waals surface area contributed by atoms with Gasteiger partial charge in [0.2, 0.25) is 0 Å². The number of carbonyl (C=O) groups is 3. The van der Waals surface area contributed by atoms with Crippen LogP contribution in [0.1, 0.15) is 131 Å². The molecule has 422 valence electrons. The van der Waals surface area contributed by atoms with Crippen molar-refractivity contribution in [3.63, 3.8) is 0 Å². The number of anilines is 1. The molecule has 0 radical (unpaired) electrons. The Labute approximate surface area is 446 Å². The molecular weight excluding hydrogens is 963 g/mol. The minimum Gasteiger partial charge on any atom is -0.494 e. The first-order valence-electron chi connectivity index (χ1n) is 27.5. The number of para-hydroxylation sites is 1. The number of aliphatic hydroxyl groups excluding tert-OH is 2. The molecule has 1 amide bonds. The van der Waals surface area contributed by atoms with E-state index in [1.165, 1.54) is 25.3 Å². The van der Waals surface area contributed by atoms with Gasteiger partial charge in [-0.2, -0.15) is 0 Å². The Hall–Kier alpha value is -3.75. The van der Waals surface area contributed by atoms with Crippen molar-refractivity contribution in [2.75, 3.05) is 52.4 Å². The van der Waals surface area contributed by atoms with Gasteiger partial charge in [0, 0.05) is 87.8 Å². The van der Waals surface area contributed by atoms with Gasteiger partial charge in [0.05, 0.1) is 54.2 Å². The van der Waals surface area contributed by atoms with Gasteiger partial charge in [-0.15, -0.1) is 0 Å². The standard InChI is InChI=1S/C58H91N3O14/c1-15-46-58(11,67)51(63)37(5)49(62)34(2)31-57(10,69-14)53(38(6)50(39(7)55(66)73-46)74-48-32-56(9,68-13)52(64)40(8)72-48)75-47-30-43(29-36(4)71-47)60(12)26-18-28-70-44-23-21-42(22-24-44)54(65)59-33-35(3)61-27-25-41-19-16-17-20-45(41)61/h16-17,19-24,34-40,43,46-48,50-53,63-64,67H,15,18,25-33H2,1-14H3,(H,59,65)/t34-,35+,36-,37+,38+,39-,40+,43+,46-,47+,48?,50+,51-,52+,53-,56-,57-,58-/m1/s1. The number of fused-ring (bicyclic) bond motifs is 1. The zero-order valence-corrected chi connectivity index (χ0v) is 47.3. The average molecular weight is 1050 g/mol. The van der Waals surface area contributed by atoms with E-state index in [0.29, 0.717) is 30.9 Å². The zero-order valence-electron chi connectivity index (χ0n) is 47.3. The molecule has 0 aliphatic carbocycles. The number of nitrogens with zero attached hydrogens (tertiary/aromatic N) is 2. The average Bonchev–Trinajstić information content (AvgIpc) is 3.83. The molecule has 0 spiro atoms. The molecule has 1 unspecified atom stereocenters. The summed E-state index contributed by atoms with van der Waals surface area (Å²) in [5.74, 6) is -3.77. The smallest absolute Gasteiger partial charge is 0.311 e. The topological polar surface area (TPSA) is 204 Å². The van der Waals surface area contributed by atoms with Crippen LogP contribution in [0.4, 0.5) is 5.69 Å². The molecule has 4 aliphatic rings. The number of methoxy groups -OCH3 is 2. The maximum Gasteiger partial charge on any atom is 0.311 e. The number of Topliss-reactive ketones (excluding diaryl/α,β-unsaturated/α-hetero) is 1. The number of ketones is 1. The molecule has 4 aliphatic heterocycles. The first-order chi connectivity index (χ1) is 35.4. The van der Waals surface area contributed by atoms with E-state index in [0.717, 1.165) is 32.4 Å². The van der Waals surface area contributed by atoms with Crippen LogP contribution in [0.2, 0.25) is 0 Å². The van der Waals surface area contributed by atoms with Crippen molar-refractivity contribution >= 4 is 23.3 Å². The number of benzene rings is 2. The van der Waals surface area contributed by atoms with E-state index >= 15 is 0 Å². The molecular formula is C58H91N3O14. The number of ether oxygens (including phenoxy) is 8. The van der Waals surface area contributed by atoms with Gasteiger partial charge in [-0.25, -0.2) is 0 Å². The van der Waals surface area contributed by atoms with E-state index in [1.54, 1.807) is 60.8 Å². The summed E-state index contributed by atoms with van der Waals surface area (Å²) in [4.78, 5) is 46.5. The quantitative estimate of drug-likeness (QED) is 0.0988. The number of hydrogen-bond acceptors (Lipinski definition) is 16. The fourth-order valence-corrected chi connectivity index (χ4v) is 12.1. The highest BCUT2D eigenvalue weighted by molar-refractivity contribution is 5.94. The van der Waals surface area contributed by atoms with E-state index in [4.69, 9.17) is 37.9 Å². The summed E-state index contributed by atoms with van der Waals surface area (Å²) in [5, 5.41) is 37.6. The van der Waals surface area contributed by atoms with Crippen LogP contribution in [0.15, 0.2) is 48.5 Å². The lowest BCUT2D eigenvalue weighted by atomic mass is 9.74. The van der Waals surface area contributed by atoms with Crippen LogP contribution in [0, 0.1) is 23.7 Å². The highest BCUT2D eigenvalue weighted by atomic mass is 16.7. The molecule has 2 aromatic rings. The normalized spacial score (nSPS) is 37.6. The van der Waals surface area contributed by atoms with Crippen LogP contribution in [0.25, 0.3) is 0 Å². The summed E-state index contributed by atoms with van der Waals surface area (Å²) < 4.78 is 51.4. The number of amides is 1. The molecule has 4 heterocycles. The number of hydrogen-bond donors (Lipinski definition) is 4. The lowest BCUT2D eigenvalue weighted by molar-refractivity contribution is -0.309. The van der Waals surface area contributed by atoms with Gasteiger partial charge in [0.15, 0.2) is 12.6 Å². The first-order valence-corrected chi connectivity index (χ1v) is 27.5. The molecule has 17 nitrogen and oxygen atoms in total. The molecule has 75 heavy (non-hydrogen) atoms. The number of nitrogens with one attached hydrogen (secondary N) is 1. The minimum atomic E-state index is -1.97. The van der Waals surface area contributed by atoms with Crippen LogP contribution in [-0.2, 0) is 49.2 Å². The Morgan fingerprint density at radius 1 is 0.880 bits per heavy atom. The van der Waals surface area contributed by atoms with Crippen molar-refractivity contribution in [3.05, 3.63) is 59.7 Å². The van der Waals surface area contributed by atoms with Crippen molar-refractivity contribution < 1.29 is 67.6 Å². The Balaban J connectivity index is 1.15. The second kappa shape index (κ2) is 25.8. The molecule has 17 heteroatoms. The summed E-state index contributed by atoms with van der Waals surface area (Å²) in [5.41, 5.74) is -1.05. The van der Waals surface area contributed by atoms with E-state index in [1.807, 2.05) is 32.9 Å². The van der Waals surface area contributed by atoms with Crippen LogP contribution in [0.3, 0.4) is 0 Å². The first kappa shape index (κ1) is 60.5. The van der Waals surface area contributed by atoms with Crippen molar-refractivity contribution in [2.45, 2.75) is 205 Å². The minimum absolute atomic E-state index is 0.0555. The van der Waals surface area contributed by atoms with Crippen molar-refractivity contribution in [1.29, 1.82) is 0 Å². The summed E-state index contributed by atoms with van der Waals surface area (Å²) >= 11 is 0. The van der Waals surface area contributed by atoms with Gasteiger partial charge < -0.3 is 68.3 Å². The predicted octanol–water partition coefficient (Wildman–Crippen LogP) is 6.49. The third-order valence-corrected chi connectivity index (χ3v) is 17.1. The van der Waals surface area contributed by atoms with Crippen molar-refractivity contribution in [1.82, 2.24) is 10.2 Å². The molecule has 18 atom stereocenters. The summed E-state index contributed by atoms with van der Waals surface area (Å²) in [6, 6.07) is 15.9. The highest BCUT2D eigenvalue weighted by Crippen LogP contribution is 2.42. The predicted molar refractivity (Wildman–Crippen MR) is 284 cm³/mol. The van der Waals surface area contributed by atoms with Gasteiger partial charge in [-0.05, 0) is 124 Å². The molecule has 0 bridgehead atoms. The maximum absolute atomic E-state index is 14.5. The summed E-state index contributed by atoms with van der Waals surface area (Å²) in [6.45, 7) is 22.3. The Bertz CT molecular complexity index is 2180. The lowest BCUT2D eigenvalue weighted by Gasteiger charge is -2.49. The number of carbonyl (C=O) groups excluding carboxylic acids is 3. The van der Waals surface area contributed by atoms with Gasteiger partial charge in [-0.3, -0.25) is 14.4 Å². The van der Waals surface area contributed by atoms with Gasteiger partial charge >= 0.3 is 5.97 Å². The fourth-order valence-electron chi connectivity index (χ4n) is 12.1. The second-order valence-corrected chi connectivity index (χ2v) is 22.9. The lowest BCUT2D eigenvalue weighted by Crippen LogP contribution is -2.60. The van der Waals surface area contributed by atoms with Crippen molar-refractivity contribution in [2.24, 2.45) is 23.7 Å². The van der Waals surface area contributed by atoms with Crippen LogP contribution in [0.5, 0.6) is 5.75 Å². The van der Waals surface area contributed by atoms with Crippen LogP contribution < -0.4 is 15.0 Å². The molecule has 4 N–H and O–H groups in total. The van der Waals surface area contributed by atoms with E-state index < -0.39 is 95.6 Å². The Kier molecular flexibility index (Phi) is 20.8. The number of cyclic esters (lactones) is 1. The van der Waals surface area contributed by atoms with E-state index in [2.05, 4.69) is 53.4 Å². The zero-order chi connectivity index (χ0) is 55.2. The Morgan fingerprint density at radius 3 is 2.23 bits per heavy atom. The number of rotatable bonds is 17. The van der Waals surface area contributed by atoms with Gasteiger partial charge in [-0.1, -0.05) is 45.9 Å². The SMILES string of the molecule is CC[C@H]1OC(=O)[C@H](C)[C@@H](OC2C[C@@](C)(OC)[C@@H](O)[C@H](C)O2)[C@H](C)[C@@H](O[C@H]2C[C@@H](N(C)CCCOc3ccc(C(=O)NC[C@H](C)N4CCc5ccccc54)cc3)C[C@@H](C)O2)[C@](C)(OC)C[C@@H](C)C(=O)[C@H](C)[C@@H](O)[C@]1(C)O. The number of aliphatic hydroxyl groups is 3. The molecule has 2 aromatic carbocycles. The second-order valence-electron chi connectivity index (χ2n) is 22.9. The molecule has 6 rings (SSSR count). The fraction of sp³-hybridized carbons (Fsp3) is 0.741. The van der Waals surface area contributed by atoms with Crippen LogP contribution >= 0.6 is 0 Å². The third kappa shape index (κ3) is 14.1. The maximum atomic E-state index is 14.5. The summed E-state index contributed by atoms with van der Waals surface area (Å²) in [7, 11) is 5.17. The summed E-state index contributed by atoms with van der Waals surface area (Å²) in [6.07, 6.45) is -4.63. The number of esters is 1. The molecule has 0 saturated carbocycles. The molecule has 3 saturated heterocycles. The van der Waals surface area contributed by atoms with Gasteiger partial charge in [0.25, 0.3) is 5.91 Å². The van der Waals surface area contributed by atoms with Crippen LogP contribution in [-0.4, -0.2) is 170 Å². The monoisotopic (exact) mass is 1050 g/mol. The van der Waals surface area contributed by atoms with E-state index in [-0.39, 0.29) is 49.1 Å². The third-order valence-electron chi connectivity index (χ3n) is 17.1. The van der Waals surface area contributed by atoms with E-state index in [9.17, 15) is 29.7 Å². The Morgan fingerprint density at radius 2 is 1.56 bits per heavy atom.